The summed E-state index contributed by atoms with van der Waals surface area (Å²) >= 11 is 5.94. The van der Waals surface area contributed by atoms with Crippen molar-refractivity contribution < 1.29 is 26.8 Å². The zero-order valence-corrected chi connectivity index (χ0v) is 20.8. The number of nitrogens with one attached hydrogen (secondary N) is 1. The quantitative estimate of drug-likeness (QED) is 0.494. The van der Waals surface area contributed by atoms with Gasteiger partial charge in [0.25, 0.3) is 0 Å². The average molecular weight is 516 g/mol. The van der Waals surface area contributed by atoms with Gasteiger partial charge in [-0.2, -0.15) is 0 Å². The minimum absolute atomic E-state index is 0.0173. The van der Waals surface area contributed by atoms with Crippen LogP contribution < -0.4 is 9.62 Å². The number of halogens is 3. The summed E-state index contributed by atoms with van der Waals surface area (Å²) in [6, 6.07) is 8.36. The van der Waals surface area contributed by atoms with E-state index in [1.807, 2.05) is 6.92 Å². The maximum atomic E-state index is 13.8. The Balaban J connectivity index is 2.43. The second kappa shape index (κ2) is 12.1. The number of hydrogen-bond acceptors (Lipinski definition) is 4. The van der Waals surface area contributed by atoms with Gasteiger partial charge in [-0.25, -0.2) is 17.2 Å². The van der Waals surface area contributed by atoms with Crippen LogP contribution >= 0.6 is 11.6 Å². The van der Waals surface area contributed by atoms with Crippen LogP contribution in [0.25, 0.3) is 0 Å². The summed E-state index contributed by atoms with van der Waals surface area (Å²) in [5, 5.41) is 3.26. The van der Waals surface area contributed by atoms with E-state index in [-0.39, 0.29) is 24.6 Å². The Bertz CT molecular complexity index is 1110. The van der Waals surface area contributed by atoms with Crippen LogP contribution in [0.2, 0.25) is 5.02 Å². The minimum Gasteiger partial charge on any atom is -0.354 e. The first-order valence-electron chi connectivity index (χ1n) is 10.7. The fourth-order valence-corrected chi connectivity index (χ4v) is 4.29. The third kappa shape index (κ3) is 7.39. The average Bonchev–Trinajstić information content (AvgIpc) is 2.78. The van der Waals surface area contributed by atoms with Crippen molar-refractivity contribution in [2.45, 2.75) is 39.3 Å². The summed E-state index contributed by atoms with van der Waals surface area (Å²) in [4.78, 5) is 27.5. The van der Waals surface area contributed by atoms with Crippen LogP contribution in [0, 0.1) is 11.6 Å². The lowest BCUT2D eigenvalue weighted by atomic mass is 10.1. The molecule has 0 bridgehead atoms. The number of amides is 2. The SMILES string of the molecule is CCCNC(=O)C(CC)N(Cc1ccc(Cl)cc1)C(=O)CN(c1ccc(F)c(F)c1)S(C)(=O)=O. The fourth-order valence-electron chi connectivity index (χ4n) is 3.33. The van der Waals surface area contributed by atoms with E-state index in [2.05, 4.69) is 5.32 Å². The summed E-state index contributed by atoms with van der Waals surface area (Å²) < 4.78 is 52.8. The smallest absolute Gasteiger partial charge is 0.244 e. The molecule has 2 rings (SSSR count). The van der Waals surface area contributed by atoms with E-state index < -0.39 is 40.2 Å². The van der Waals surface area contributed by atoms with Gasteiger partial charge in [-0.3, -0.25) is 13.9 Å². The molecule has 0 saturated heterocycles. The molecule has 0 aromatic heterocycles. The summed E-state index contributed by atoms with van der Waals surface area (Å²) in [6.45, 7) is 3.37. The molecule has 1 unspecified atom stereocenters. The van der Waals surface area contributed by atoms with Crippen LogP contribution in [0.5, 0.6) is 0 Å². The van der Waals surface area contributed by atoms with Gasteiger partial charge in [0.05, 0.1) is 11.9 Å². The molecule has 0 aliphatic heterocycles. The van der Waals surface area contributed by atoms with Crippen LogP contribution in [0.3, 0.4) is 0 Å². The van der Waals surface area contributed by atoms with Gasteiger partial charge in [-0.15, -0.1) is 0 Å². The second-order valence-electron chi connectivity index (χ2n) is 7.73. The second-order valence-corrected chi connectivity index (χ2v) is 10.1. The van der Waals surface area contributed by atoms with Gasteiger partial charge in [0.15, 0.2) is 11.6 Å². The molecule has 0 radical (unpaired) electrons. The first kappa shape index (κ1) is 27.5. The molecule has 0 aliphatic carbocycles. The van der Waals surface area contributed by atoms with E-state index >= 15 is 0 Å². The molecule has 0 saturated carbocycles. The zero-order valence-electron chi connectivity index (χ0n) is 19.2. The van der Waals surface area contributed by atoms with E-state index in [0.29, 0.717) is 33.9 Å². The molecule has 2 aromatic carbocycles. The van der Waals surface area contributed by atoms with Crippen molar-refractivity contribution >= 4 is 39.1 Å². The molecule has 2 amide bonds. The monoisotopic (exact) mass is 515 g/mol. The molecule has 1 N–H and O–H groups in total. The summed E-state index contributed by atoms with van der Waals surface area (Å²) in [7, 11) is -4.04. The van der Waals surface area contributed by atoms with E-state index in [1.165, 1.54) is 4.90 Å². The maximum absolute atomic E-state index is 13.8. The van der Waals surface area contributed by atoms with Crippen LogP contribution in [-0.4, -0.2) is 50.5 Å². The Morgan fingerprint density at radius 1 is 1.06 bits per heavy atom. The number of hydrogen-bond donors (Lipinski definition) is 1. The largest absolute Gasteiger partial charge is 0.354 e. The van der Waals surface area contributed by atoms with Gasteiger partial charge in [-0.1, -0.05) is 37.6 Å². The standard InChI is InChI=1S/C23H28ClF2N3O4S/c1-4-12-27-23(31)21(5-2)28(14-16-6-8-17(24)9-7-16)22(30)15-29(34(3,32)33)18-10-11-19(25)20(26)13-18/h6-11,13,21H,4-5,12,14-15H2,1-3H3,(H,27,31). The third-order valence-corrected chi connectivity index (χ3v) is 6.46. The first-order chi connectivity index (χ1) is 16.0. The minimum atomic E-state index is -4.04. The van der Waals surface area contributed by atoms with Gasteiger partial charge in [0.2, 0.25) is 21.8 Å². The molecular formula is C23H28ClF2N3O4S. The Kier molecular flexibility index (Phi) is 9.81. The predicted octanol–water partition coefficient (Wildman–Crippen LogP) is 3.72. The van der Waals surface area contributed by atoms with Crippen molar-refractivity contribution in [1.29, 1.82) is 0 Å². The van der Waals surface area contributed by atoms with E-state index in [0.717, 1.165) is 18.4 Å². The van der Waals surface area contributed by atoms with Crippen molar-refractivity contribution in [3.8, 4) is 0 Å². The molecule has 7 nitrogen and oxygen atoms in total. The molecule has 2 aromatic rings. The molecule has 0 heterocycles. The Labute approximate surface area is 203 Å². The number of nitrogens with zero attached hydrogens (tertiary/aromatic N) is 2. The van der Waals surface area contributed by atoms with Crippen LogP contribution in [-0.2, 0) is 26.2 Å². The molecule has 0 fully saturated rings. The highest BCUT2D eigenvalue weighted by atomic mass is 35.5. The van der Waals surface area contributed by atoms with Gasteiger partial charge in [0.1, 0.15) is 12.6 Å². The van der Waals surface area contributed by atoms with Crippen LogP contribution in [0.15, 0.2) is 42.5 Å². The van der Waals surface area contributed by atoms with Crippen LogP contribution in [0.1, 0.15) is 32.3 Å². The molecule has 11 heteroatoms. The first-order valence-corrected chi connectivity index (χ1v) is 12.9. The summed E-state index contributed by atoms with van der Waals surface area (Å²) in [6.07, 6.45) is 1.83. The van der Waals surface area contributed by atoms with E-state index in [4.69, 9.17) is 11.6 Å². The van der Waals surface area contributed by atoms with Crippen molar-refractivity contribution in [3.63, 3.8) is 0 Å². The highest BCUT2D eigenvalue weighted by molar-refractivity contribution is 7.92. The van der Waals surface area contributed by atoms with E-state index in [9.17, 15) is 26.8 Å². The summed E-state index contributed by atoms with van der Waals surface area (Å²) in [5.41, 5.74) is 0.475. The topological polar surface area (TPSA) is 86.8 Å². The van der Waals surface area contributed by atoms with Crippen molar-refractivity contribution in [2.75, 3.05) is 23.7 Å². The molecular weight excluding hydrogens is 488 g/mol. The number of carbonyl (C=O) groups excluding carboxylic acids is 2. The fraction of sp³-hybridized carbons (Fsp3) is 0.391. The Morgan fingerprint density at radius 2 is 1.71 bits per heavy atom. The van der Waals surface area contributed by atoms with Gasteiger partial charge >= 0.3 is 0 Å². The number of benzene rings is 2. The predicted molar refractivity (Wildman–Crippen MR) is 128 cm³/mol. The highest BCUT2D eigenvalue weighted by Crippen LogP contribution is 2.22. The number of anilines is 1. The Morgan fingerprint density at radius 3 is 2.24 bits per heavy atom. The number of rotatable bonds is 11. The van der Waals surface area contributed by atoms with Crippen molar-refractivity contribution in [2.24, 2.45) is 0 Å². The van der Waals surface area contributed by atoms with Crippen LogP contribution in [0.4, 0.5) is 14.5 Å². The molecule has 34 heavy (non-hydrogen) atoms. The normalized spacial score (nSPS) is 12.2. The summed E-state index contributed by atoms with van der Waals surface area (Å²) in [5.74, 6) is -3.44. The molecule has 186 valence electrons. The molecule has 0 spiro atoms. The lowest BCUT2D eigenvalue weighted by molar-refractivity contribution is -0.140. The van der Waals surface area contributed by atoms with Gasteiger partial charge in [0, 0.05) is 24.2 Å². The number of carbonyl (C=O) groups is 2. The molecule has 1 atom stereocenters. The third-order valence-electron chi connectivity index (χ3n) is 5.07. The van der Waals surface area contributed by atoms with Gasteiger partial charge in [-0.05, 0) is 42.7 Å². The lowest BCUT2D eigenvalue weighted by Gasteiger charge is -2.32. The highest BCUT2D eigenvalue weighted by Gasteiger charge is 2.31. The zero-order chi connectivity index (χ0) is 25.5. The van der Waals surface area contributed by atoms with Crippen molar-refractivity contribution in [3.05, 3.63) is 64.7 Å². The van der Waals surface area contributed by atoms with E-state index in [1.54, 1.807) is 31.2 Å². The molecule has 0 aliphatic rings. The lowest BCUT2D eigenvalue weighted by Crippen LogP contribution is -2.52. The maximum Gasteiger partial charge on any atom is 0.244 e. The number of sulfonamides is 1. The van der Waals surface area contributed by atoms with Gasteiger partial charge < -0.3 is 10.2 Å². The van der Waals surface area contributed by atoms with Crippen molar-refractivity contribution in [1.82, 2.24) is 10.2 Å². The Hall–Kier alpha value is -2.72.